The smallest absolute Gasteiger partial charge is 0.0971 e. The predicted octanol–water partition coefficient (Wildman–Crippen LogP) is 2.23. The van der Waals surface area contributed by atoms with E-state index in [-0.39, 0.29) is 6.04 Å². The molecule has 1 atom stereocenters. The van der Waals surface area contributed by atoms with E-state index in [1.54, 1.807) is 0 Å². The van der Waals surface area contributed by atoms with Crippen molar-refractivity contribution in [3.63, 3.8) is 0 Å². The summed E-state index contributed by atoms with van der Waals surface area (Å²) in [5.74, 6) is 0. The third kappa shape index (κ3) is 3.14. The summed E-state index contributed by atoms with van der Waals surface area (Å²) >= 11 is 1.38. The van der Waals surface area contributed by atoms with Gasteiger partial charge in [0.1, 0.15) is 0 Å². The van der Waals surface area contributed by atoms with Gasteiger partial charge in [0.05, 0.1) is 17.9 Å². The SMILES string of the molecule is CCCNC(c1cnn(CCC)c1)c1csnn1. The minimum absolute atomic E-state index is 0.106. The van der Waals surface area contributed by atoms with Gasteiger partial charge in [-0.2, -0.15) is 5.10 Å². The van der Waals surface area contributed by atoms with Gasteiger partial charge in [-0.05, 0) is 30.9 Å². The van der Waals surface area contributed by atoms with Gasteiger partial charge in [0, 0.05) is 23.7 Å². The van der Waals surface area contributed by atoms with Crippen molar-refractivity contribution in [1.82, 2.24) is 24.7 Å². The maximum Gasteiger partial charge on any atom is 0.0971 e. The van der Waals surface area contributed by atoms with Crippen molar-refractivity contribution in [2.75, 3.05) is 6.54 Å². The van der Waals surface area contributed by atoms with E-state index >= 15 is 0 Å². The molecule has 0 aliphatic heterocycles. The average Bonchev–Trinajstić information content (AvgIpc) is 3.02. The third-order valence-corrected chi connectivity index (χ3v) is 3.23. The Morgan fingerprint density at radius 1 is 1.39 bits per heavy atom. The van der Waals surface area contributed by atoms with Crippen molar-refractivity contribution < 1.29 is 0 Å². The molecule has 0 bridgehead atoms. The highest BCUT2D eigenvalue weighted by Gasteiger charge is 2.17. The molecule has 6 heteroatoms. The number of aromatic nitrogens is 4. The first-order valence-corrected chi connectivity index (χ1v) is 7.21. The topological polar surface area (TPSA) is 55.6 Å². The molecule has 0 aromatic carbocycles. The fraction of sp³-hybridized carbons (Fsp3) is 0.583. The number of nitrogens with zero attached hydrogens (tertiary/aromatic N) is 4. The molecule has 0 aliphatic carbocycles. The Kier molecular flexibility index (Phi) is 4.83. The molecule has 2 rings (SSSR count). The van der Waals surface area contributed by atoms with Gasteiger partial charge in [-0.1, -0.05) is 18.3 Å². The summed E-state index contributed by atoms with van der Waals surface area (Å²) in [4.78, 5) is 0. The lowest BCUT2D eigenvalue weighted by molar-refractivity contribution is 0.579. The summed E-state index contributed by atoms with van der Waals surface area (Å²) in [5.41, 5.74) is 2.13. The normalized spacial score (nSPS) is 12.8. The van der Waals surface area contributed by atoms with Crippen molar-refractivity contribution >= 4 is 11.5 Å². The van der Waals surface area contributed by atoms with E-state index in [4.69, 9.17) is 0 Å². The van der Waals surface area contributed by atoms with Crippen molar-refractivity contribution in [2.24, 2.45) is 0 Å². The molecule has 1 N–H and O–H groups in total. The summed E-state index contributed by atoms with van der Waals surface area (Å²) in [6.07, 6.45) is 6.20. The van der Waals surface area contributed by atoms with Crippen molar-refractivity contribution in [3.8, 4) is 0 Å². The molecule has 0 radical (unpaired) electrons. The standard InChI is InChI=1S/C12H19N5S/c1-3-5-13-12(11-9-18-16-15-11)10-7-14-17(8-10)6-4-2/h7-9,12-13H,3-6H2,1-2H3. The Balaban J connectivity index is 2.16. The quantitative estimate of drug-likeness (QED) is 0.834. The molecular weight excluding hydrogens is 246 g/mol. The summed E-state index contributed by atoms with van der Waals surface area (Å²) < 4.78 is 5.93. The summed E-state index contributed by atoms with van der Waals surface area (Å²) in [5, 5.41) is 14.0. The monoisotopic (exact) mass is 265 g/mol. The average molecular weight is 265 g/mol. The molecule has 0 saturated carbocycles. The van der Waals surface area contributed by atoms with E-state index < -0.39 is 0 Å². The van der Waals surface area contributed by atoms with Crippen LogP contribution in [-0.4, -0.2) is 25.9 Å². The van der Waals surface area contributed by atoms with Crippen molar-refractivity contribution in [2.45, 2.75) is 39.3 Å². The largest absolute Gasteiger partial charge is 0.305 e. The molecule has 0 saturated heterocycles. The third-order valence-electron chi connectivity index (χ3n) is 2.71. The van der Waals surface area contributed by atoms with E-state index in [0.29, 0.717) is 0 Å². The lowest BCUT2D eigenvalue weighted by atomic mass is 10.1. The zero-order chi connectivity index (χ0) is 12.8. The first kappa shape index (κ1) is 13.2. The number of rotatable bonds is 7. The van der Waals surface area contributed by atoms with E-state index in [1.807, 2.05) is 16.3 Å². The van der Waals surface area contributed by atoms with Crippen LogP contribution in [0.2, 0.25) is 0 Å². The second kappa shape index (κ2) is 6.61. The van der Waals surface area contributed by atoms with Crippen LogP contribution < -0.4 is 5.32 Å². The molecule has 2 aromatic heterocycles. The van der Waals surface area contributed by atoms with E-state index in [2.05, 4.69) is 40.0 Å². The highest BCUT2D eigenvalue weighted by molar-refractivity contribution is 7.03. The van der Waals surface area contributed by atoms with Gasteiger partial charge in [0.2, 0.25) is 0 Å². The number of aryl methyl sites for hydroxylation is 1. The Hall–Kier alpha value is -1.27. The van der Waals surface area contributed by atoms with Crippen LogP contribution in [0.25, 0.3) is 0 Å². The van der Waals surface area contributed by atoms with Crippen molar-refractivity contribution in [1.29, 1.82) is 0 Å². The molecular formula is C12H19N5S. The zero-order valence-electron chi connectivity index (χ0n) is 10.8. The fourth-order valence-corrected chi connectivity index (χ4v) is 2.34. The molecule has 2 aromatic rings. The molecule has 98 valence electrons. The first-order valence-electron chi connectivity index (χ1n) is 6.37. The van der Waals surface area contributed by atoms with Gasteiger partial charge in [-0.25, -0.2) is 0 Å². The fourth-order valence-electron chi connectivity index (χ4n) is 1.86. The Labute approximate surface area is 111 Å². The molecule has 0 spiro atoms. The van der Waals surface area contributed by atoms with E-state index in [0.717, 1.165) is 37.2 Å². The molecule has 0 fully saturated rings. The number of hydrogen-bond acceptors (Lipinski definition) is 5. The lowest BCUT2D eigenvalue weighted by Crippen LogP contribution is -2.23. The van der Waals surface area contributed by atoms with Gasteiger partial charge in [-0.3, -0.25) is 4.68 Å². The highest BCUT2D eigenvalue weighted by atomic mass is 32.1. The lowest BCUT2D eigenvalue weighted by Gasteiger charge is -2.13. The Morgan fingerprint density at radius 3 is 2.94 bits per heavy atom. The Bertz CT molecular complexity index is 451. The maximum atomic E-state index is 4.38. The van der Waals surface area contributed by atoms with Crippen molar-refractivity contribution in [3.05, 3.63) is 29.0 Å². The minimum atomic E-state index is 0.106. The van der Waals surface area contributed by atoms with Crippen LogP contribution in [0.3, 0.4) is 0 Å². The van der Waals surface area contributed by atoms with Crippen LogP contribution >= 0.6 is 11.5 Å². The van der Waals surface area contributed by atoms with Crippen LogP contribution in [0.15, 0.2) is 17.8 Å². The number of hydrogen-bond donors (Lipinski definition) is 1. The minimum Gasteiger partial charge on any atom is -0.305 e. The van der Waals surface area contributed by atoms with Gasteiger partial charge in [0.15, 0.2) is 0 Å². The first-order chi connectivity index (χ1) is 8.85. The molecule has 5 nitrogen and oxygen atoms in total. The van der Waals surface area contributed by atoms with Crippen LogP contribution in [0.1, 0.15) is 44.0 Å². The molecule has 0 aliphatic rings. The van der Waals surface area contributed by atoms with Gasteiger partial charge >= 0.3 is 0 Å². The molecule has 2 heterocycles. The molecule has 18 heavy (non-hydrogen) atoms. The summed E-state index contributed by atoms with van der Waals surface area (Å²) in [6, 6.07) is 0.106. The maximum absolute atomic E-state index is 4.38. The van der Waals surface area contributed by atoms with Gasteiger partial charge in [-0.15, -0.1) is 5.10 Å². The van der Waals surface area contributed by atoms with Crippen LogP contribution in [0, 0.1) is 0 Å². The van der Waals surface area contributed by atoms with Crippen LogP contribution in [0.5, 0.6) is 0 Å². The van der Waals surface area contributed by atoms with E-state index in [9.17, 15) is 0 Å². The zero-order valence-corrected chi connectivity index (χ0v) is 11.7. The second-order valence-electron chi connectivity index (χ2n) is 4.25. The second-order valence-corrected chi connectivity index (χ2v) is 4.86. The van der Waals surface area contributed by atoms with Gasteiger partial charge in [0.25, 0.3) is 0 Å². The highest BCUT2D eigenvalue weighted by Crippen LogP contribution is 2.20. The van der Waals surface area contributed by atoms with Crippen LogP contribution in [-0.2, 0) is 6.54 Å². The molecule has 1 unspecified atom stereocenters. The summed E-state index contributed by atoms with van der Waals surface area (Å²) in [6.45, 7) is 6.22. The molecule has 0 amide bonds. The predicted molar refractivity (Wildman–Crippen MR) is 72.6 cm³/mol. The summed E-state index contributed by atoms with van der Waals surface area (Å²) in [7, 11) is 0. The number of nitrogens with one attached hydrogen (secondary N) is 1. The van der Waals surface area contributed by atoms with E-state index in [1.165, 1.54) is 11.5 Å². The Morgan fingerprint density at radius 2 is 2.28 bits per heavy atom. The van der Waals surface area contributed by atoms with Gasteiger partial charge < -0.3 is 5.32 Å². The van der Waals surface area contributed by atoms with Crippen LogP contribution in [0.4, 0.5) is 0 Å².